The van der Waals surface area contributed by atoms with Gasteiger partial charge in [-0.3, -0.25) is 9.59 Å². The lowest BCUT2D eigenvalue weighted by Gasteiger charge is -2.28. The highest BCUT2D eigenvalue weighted by Gasteiger charge is 2.21. The lowest BCUT2D eigenvalue weighted by molar-refractivity contribution is -0.116. The van der Waals surface area contributed by atoms with Crippen LogP contribution in [-0.4, -0.2) is 29.2 Å². The van der Waals surface area contributed by atoms with Crippen molar-refractivity contribution in [2.75, 3.05) is 11.4 Å². The number of carbonyl (C=O) groups is 2. The first-order valence-electron chi connectivity index (χ1n) is 6.19. The van der Waals surface area contributed by atoms with Gasteiger partial charge in [0.05, 0.1) is 0 Å². The molecule has 1 aromatic carbocycles. The van der Waals surface area contributed by atoms with E-state index in [1.54, 1.807) is 23.1 Å². The van der Waals surface area contributed by atoms with Gasteiger partial charge in [-0.05, 0) is 43.5 Å². The fourth-order valence-corrected chi connectivity index (χ4v) is 2.32. The van der Waals surface area contributed by atoms with Gasteiger partial charge in [-0.25, -0.2) is 0 Å². The van der Waals surface area contributed by atoms with Crippen molar-refractivity contribution in [2.24, 2.45) is 5.16 Å². The second-order valence-corrected chi connectivity index (χ2v) is 4.63. The number of oxime groups is 1. The predicted molar refractivity (Wildman–Crippen MR) is 72.0 cm³/mol. The quantitative estimate of drug-likeness (QED) is 0.383. The molecule has 1 aliphatic rings. The van der Waals surface area contributed by atoms with Crippen LogP contribution in [0.25, 0.3) is 0 Å². The molecule has 5 nitrogen and oxygen atoms in total. The van der Waals surface area contributed by atoms with Gasteiger partial charge in [-0.15, -0.1) is 0 Å². The first-order chi connectivity index (χ1) is 9.04. The fraction of sp³-hybridized carbons (Fsp3) is 0.357. The van der Waals surface area contributed by atoms with Gasteiger partial charge in [0.2, 0.25) is 11.7 Å². The molecule has 0 saturated carbocycles. The predicted octanol–water partition coefficient (Wildman–Crippen LogP) is 2.02. The number of nitrogens with zero attached hydrogens (tertiary/aromatic N) is 2. The SMILES string of the molecule is CC(=O)N1CCCc2cc(C(=O)C(C)=NO)ccc21. The van der Waals surface area contributed by atoms with E-state index < -0.39 is 0 Å². The number of Topliss-reactive ketones (excluding diaryl/α,β-unsaturated/α-hetero) is 1. The van der Waals surface area contributed by atoms with Crippen molar-refractivity contribution in [3.63, 3.8) is 0 Å². The van der Waals surface area contributed by atoms with Crippen molar-refractivity contribution >= 4 is 23.1 Å². The first kappa shape index (κ1) is 13.3. The van der Waals surface area contributed by atoms with Crippen LogP contribution in [0.2, 0.25) is 0 Å². The summed E-state index contributed by atoms with van der Waals surface area (Å²) in [5.41, 5.74) is 2.39. The van der Waals surface area contributed by atoms with E-state index in [-0.39, 0.29) is 17.4 Å². The van der Waals surface area contributed by atoms with Crippen LogP contribution in [0, 0.1) is 0 Å². The summed E-state index contributed by atoms with van der Waals surface area (Å²) in [7, 11) is 0. The van der Waals surface area contributed by atoms with Crippen LogP contribution in [0.15, 0.2) is 23.4 Å². The number of hydrogen-bond donors (Lipinski definition) is 1. The number of fused-ring (bicyclic) bond motifs is 1. The lowest BCUT2D eigenvalue weighted by Crippen LogP contribution is -2.33. The standard InChI is InChI=1S/C14H16N2O3/c1-9(15-19)14(18)12-5-6-13-11(8-12)4-3-7-16(13)10(2)17/h5-6,8,19H,3-4,7H2,1-2H3. The Morgan fingerprint density at radius 3 is 2.68 bits per heavy atom. The van der Waals surface area contributed by atoms with Gasteiger partial charge >= 0.3 is 0 Å². The highest BCUT2D eigenvalue weighted by Crippen LogP contribution is 2.28. The van der Waals surface area contributed by atoms with E-state index >= 15 is 0 Å². The van der Waals surface area contributed by atoms with Crippen LogP contribution in [0.5, 0.6) is 0 Å². The minimum absolute atomic E-state index is 0.00753. The van der Waals surface area contributed by atoms with Gasteiger partial charge in [-0.2, -0.15) is 0 Å². The number of aryl methyl sites for hydroxylation is 1. The summed E-state index contributed by atoms with van der Waals surface area (Å²) in [6, 6.07) is 5.23. The van der Waals surface area contributed by atoms with Crippen molar-refractivity contribution in [3.8, 4) is 0 Å². The van der Waals surface area contributed by atoms with Gasteiger partial charge in [-0.1, -0.05) is 5.16 Å². The Morgan fingerprint density at radius 1 is 1.32 bits per heavy atom. The van der Waals surface area contributed by atoms with Crippen molar-refractivity contribution < 1.29 is 14.8 Å². The van der Waals surface area contributed by atoms with E-state index in [0.717, 1.165) is 24.1 Å². The maximum atomic E-state index is 11.9. The molecular weight excluding hydrogens is 244 g/mol. The van der Waals surface area contributed by atoms with Gasteiger partial charge in [0.25, 0.3) is 0 Å². The van der Waals surface area contributed by atoms with Gasteiger partial charge < -0.3 is 10.1 Å². The number of hydrogen-bond acceptors (Lipinski definition) is 4. The number of benzene rings is 1. The average molecular weight is 260 g/mol. The normalized spacial score (nSPS) is 15.1. The van der Waals surface area contributed by atoms with E-state index in [9.17, 15) is 9.59 Å². The Balaban J connectivity index is 2.39. The molecule has 1 amide bonds. The third-order valence-electron chi connectivity index (χ3n) is 3.32. The zero-order valence-corrected chi connectivity index (χ0v) is 11.0. The molecule has 1 aliphatic heterocycles. The van der Waals surface area contributed by atoms with E-state index in [4.69, 9.17) is 5.21 Å². The Labute approximate surface area is 111 Å². The Bertz CT molecular complexity index is 564. The summed E-state index contributed by atoms with van der Waals surface area (Å²) < 4.78 is 0. The number of ketones is 1. The molecule has 0 radical (unpaired) electrons. The van der Waals surface area contributed by atoms with Crippen LogP contribution >= 0.6 is 0 Å². The van der Waals surface area contributed by atoms with E-state index in [1.165, 1.54) is 13.8 Å². The molecule has 0 saturated heterocycles. The van der Waals surface area contributed by atoms with Gasteiger partial charge in [0.15, 0.2) is 0 Å². The van der Waals surface area contributed by atoms with Crippen LogP contribution in [-0.2, 0) is 11.2 Å². The fourth-order valence-electron chi connectivity index (χ4n) is 2.32. The number of rotatable bonds is 2. The van der Waals surface area contributed by atoms with Gasteiger partial charge in [0.1, 0.15) is 5.71 Å². The van der Waals surface area contributed by atoms with Crippen LogP contribution in [0.3, 0.4) is 0 Å². The van der Waals surface area contributed by atoms with Crippen LogP contribution < -0.4 is 4.90 Å². The molecular formula is C14H16N2O3. The molecule has 1 aromatic rings. The average Bonchev–Trinajstić information content (AvgIpc) is 2.44. The molecule has 0 unspecified atom stereocenters. The zero-order chi connectivity index (χ0) is 14.0. The number of anilines is 1. The van der Waals surface area contributed by atoms with Crippen molar-refractivity contribution in [2.45, 2.75) is 26.7 Å². The zero-order valence-electron chi connectivity index (χ0n) is 11.0. The summed E-state index contributed by atoms with van der Waals surface area (Å²) in [5.74, 6) is -0.293. The Hall–Kier alpha value is -2.17. The third kappa shape index (κ3) is 2.50. The summed E-state index contributed by atoms with van der Waals surface area (Å²) in [5, 5.41) is 11.6. The minimum Gasteiger partial charge on any atom is -0.411 e. The highest BCUT2D eigenvalue weighted by molar-refractivity contribution is 6.45. The molecule has 0 bridgehead atoms. The lowest BCUT2D eigenvalue weighted by atomic mass is 9.97. The molecule has 0 aromatic heterocycles. The van der Waals surface area contributed by atoms with Crippen LogP contribution in [0.1, 0.15) is 36.2 Å². The monoisotopic (exact) mass is 260 g/mol. The summed E-state index contributed by atoms with van der Waals surface area (Å²) in [6.45, 7) is 3.72. The molecule has 5 heteroatoms. The number of amides is 1. The molecule has 0 spiro atoms. The first-order valence-corrected chi connectivity index (χ1v) is 6.19. The molecule has 0 atom stereocenters. The highest BCUT2D eigenvalue weighted by atomic mass is 16.4. The third-order valence-corrected chi connectivity index (χ3v) is 3.32. The summed E-state index contributed by atoms with van der Waals surface area (Å²) in [4.78, 5) is 25.2. The summed E-state index contributed by atoms with van der Waals surface area (Å²) >= 11 is 0. The Morgan fingerprint density at radius 2 is 2.05 bits per heavy atom. The van der Waals surface area contributed by atoms with Crippen molar-refractivity contribution in [1.82, 2.24) is 0 Å². The molecule has 0 aliphatic carbocycles. The van der Waals surface area contributed by atoms with Gasteiger partial charge in [0, 0.05) is 24.7 Å². The molecule has 19 heavy (non-hydrogen) atoms. The Kier molecular flexibility index (Phi) is 3.64. The molecule has 2 rings (SSSR count). The topological polar surface area (TPSA) is 70.0 Å². The minimum atomic E-state index is -0.301. The molecule has 1 N–H and O–H groups in total. The number of carbonyl (C=O) groups excluding carboxylic acids is 2. The molecule has 100 valence electrons. The van der Waals surface area contributed by atoms with E-state index in [1.807, 2.05) is 0 Å². The largest absolute Gasteiger partial charge is 0.411 e. The molecule has 0 fully saturated rings. The van der Waals surface area contributed by atoms with E-state index in [0.29, 0.717) is 12.1 Å². The molecule has 1 heterocycles. The van der Waals surface area contributed by atoms with E-state index in [2.05, 4.69) is 5.16 Å². The summed E-state index contributed by atoms with van der Waals surface area (Å²) in [6.07, 6.45) is 1.73. The smallest absolute Gasteiger partial charge is 0.223 e. The van der Waals surface area contributed by atoms with Crippen molar-refractivity contribution in [3.05, 3.63) is 29.3 Å². The second kappa shape index (κ2) is 5.22. The van der Waals surface area contributed by atoms with Crippen LogP contribution in [0.4, 0.5) is 5.69 Å². The van der Waals surface area contributed by atoms with Crippen molar-refractivity contribution in [1.29, 1.82) is 0 Å². The second-order valence-electron chi connectivity index (χ2n) is 4.63. The maximum absolute atomic E-state index is 11.9. The maximum Gasteiger partial charge on any atom is 0.223 e.